The summed E-state index contributed by atoms with van der Waals surface area (Å²) in [5.41, 5.74) is 5.42. The Kier molecular flexibility index (Phi) is 11.4. The van der Waals surface area contributed by atoms with Gasteiger partial charge in [-0.15, -0.1) is 24.8 Å². The van der Waals surface area contributed by atoms with Crippen LogP contribution in [0.3, 0.4) is 0 Å². The quantitative estimate of drug-likeness (QED) is 0.714. The second-order valence-electron chi connectivity index (χ2n) is 6.95. The van der Waals surface area contributed by atoms with Crippen molar-refractivity contribution in [3.05, 3.63) is 0 Å². The van der Waals surface area contributed by atoms with Crippen LogP contribution < -0.4 is 11.1 Å². The van der Waals surface area contributed by atoms with Gasteiger partial charge in [0, 0.05) is 45.9 Å². The number of carbonyl (C=O) groups is 1. The normalized spacial score (nSPS) is 23.9. The first-order chi connectivity index (χ1) is 10.6. The van der Waals surface area contributed by atoms with Crippen molar-refractivity contribution in [1.82, 2.24) is 10.2 Å². The lowest BCUT2D eigenvalue weighted by Gasteiger charge is -2.37. The van der Waals surface area contributed by atoms with Crippen LogP contribution in [0, 0.1) is 11.3 Å². The number of hydrogen-bond donors (Lipinski definition) is 2. The molecule has 0 aromatic heterocycles. The topological polar surface area (TPSA) is 76.8 Å². The Bertz CT molecular complexity index is 366. The molecule has 0 saturated carbocycles. The first kappa shape index (κ1) is 23.9. The molecule has 0 bridgehead atoms. The molecule has 2 aliphatic heterocycles. The van der Waals surface area contributed by atoms with E-state index in [4.69, 9.17) is 15.2 Å². The summed E-state index contributed by atoms with van der Waals surface area (Å²) in [4.78, 5) is 15.0. The van der Waals surface area contributed by atoms with Crippen molar-refractivity contribution >= 4 is 30.7 Å². The van der Waals surface area contributed by atoms with Gasteiger partial charge in [-0.2, -0.15) is 0 Å². The Labute approximate surface area is 158 Å². The zero-order chi connectivity index (χ0) is 16.0. The molecule has 0 spiro atoms. The molecule has 1 unspecified atom stereocenters. The smallest absolute Gasteiger partial charge is 0.227 e. The van der Waals surface area contributed by atoms with Crippen molar-refractivity contribution in [2.75, 3.05) is 52.5 Å². The third-order valence-corrected chi connectivity index (χ3v) is 4.66. The molecular weight excluding hydrogens is 353 g/mol. The van der Waals surface area contributed by atoms with E-state index in [1.54, 1.807) is 0 Å². The summed E-state index contributed by atoms with van der Waals surface area (Å²) >= 11 is 0. The zero-order valence-electron chi connectivity index (χ0n) is 14.8. The van der Waals surface area contributed by atoms with Crippen LogP contribution in [0.25, 0.3) is 0 Å². The van der Waals surface area contributed by atoms with E-state index in [2.05, 4.69) is 24.1 Å². The molecule has 0 aliphatic carbocycles. The van der Waals surface area contributed by atoms with Gasteiger partial charge in [-0.3, -0.25) is 9.69 Å². The lowest BCUT2D eigenvalue weighted by atomic mass is 9.79. The molecule has 0 radical (unpaired) electrons. The van der Waals surface area contributed by atoms with Crippen LogP contribution in [0.1, 0.15) is 26.7 Å². The minimum atomic E-state index is -0.454. The molecule has 2 heterocycles. The summed E-state index contributed by atoms with van der Waals surface area (Å²) in [7, 11) is 0. The summed E-state index contributed by atoms with van der Waals surface area (Å²) < 4.78 is 11.1. The average Bonchev–Trinajstić information content (AvgIpc) is 2.53. The Morgan fingerprint density at radius 3 is 2.54 bits per heavy atom. The van der Waals surface area contributed by atoms with E-state index in [1.165, 1.54) is 0 Å². The molecule has 8 heteroatoms. The van der Waals surface area contributed by atoms with Gasteiger partial charge in [0.15, 0.2) is 0 Å². The highest BCUT2D eigenvalue weighted by molar-refractivity contribution is 5.85. The molecule has 6 nitrogen and oxygen atoms in total. The van der Waals surface area contributed by atoms with Crippen LogP contribution in [-0.2, 0) is 14.3 Å². The molecule has 24 heavy (non-hydrogen) atoms. The number of halogens is 2. The van der Waals surface area contributed by atoms with Crippen LogP contribution in [0.2, 0.25) is 0 Å². The van der Waals surface area contributed by atoms with Gasteiger partial charge >= 0.3 is 0 Å². The minimum Gasteiger partial charge on any atom is -0.381 e. The third-order valence-electron chi connectivity index (χ3n) is 4.66. The van der Waals surface area contributed by atoms with E-state index in [9.17, 15) is 4.79 Å². The predicted molar refractivity (Wildman–Crippen MR) is 100 cm³/mol. The van der Waals surface area contributed by atoms with Crippen LogP contribution in [0.5, 0.6) is 0 Å². The number of nitrogens with zero attached hydrogens (tertiary/aromatic N) is 1. The average molecular weight is 386 g/mol. The number of nitrogens with one attached hydrogen (secondary N) is 1. The lowest BCUT2D eigenvalue weighted by Crippen LogP contribution is -2.53. The van der Waals surface area contributed by atoms with E-state index < -0.39 is 5.41 Å². The highest BCUT2D eigenvalue weighted by Gasteiger charge is 2.39. The standard InChI is InChI=1S/C16H31N3O3.2ClH/c1-13(2)10-19-5-8-22-14(11-19)9-18-15(20)16(12-17)3-6-21-7-4-16;;/h13-14H,3-12,17H2,1-2H3,(H,18,20);2*1H. The highest BCUT2D eigenvalue weighted by Crippen LogP contribution is 2.29. The second-order valence-corrected chi connectivity index (χ2v) is 6.95. The summed E-state index contributed by atoms with van der Waals surface area (Å²) in [6.07, 6.45) is 1.49. The van der Waals surface area contributed by atoms with Crippen LogP contribution >= 0.6 is 24.8 Å². The van der Waals surface area contributed by atoms with Gasteiger partial charge < -0.3 is 20.5 Å². The number of ether oxygens (including phenoxy) is 2. The molecule has 144 valence electrons. The fourth-order valence-corrected chi connectivity index (χ4v) is 3.27. The van der Waals surface area contributed by atoms with E-state index in [0.29, 0.717) is 45.1 Å². The summed E-state index contributed by atoms with van der Waals surface area (Å²) in [6.45, 7) is 10.3. The van der Waals surface area contributed by atoms with Gasteiger partial charge in [0.25, 0.3) is 0 Å². The number of amides is 1. The summed E-state index contributed by atoms with van der Waals surface area (Å²) in [5.74, 6) is 0.707. The molecule has 2 aliphatic rings. The number of rotatable bonds is 6. The van der Waals surface area contributed by atoms with Crippen molar-refractivity contribution in [3.63, 3.8) is 0 Å². The van der Waals surface area contributed by atoms with Gasteiger partial charge in [-0.05, 0) is 18.8 Å². The maximum absolute atomic E-state index is 12.5. The van der Waals surface area contributed by atoms with Gasteiger partial charge in [-0.25, -0.2) is 0 Å². The van der Waals surface area contributed by atoms with Gasteiger partial charge in [0.05, 0.1) is 18.1 Å². The molecule has 0 aromatic carbocycles. The van der Waals surface area contributed by atoms with Crippen molar-refractivity contribution in [3.8, 4) is 0 Å². The third kappa shape index (κ3) is 6.65. The first-order valence-electron chi connectivity index (χ1n) is 8.46. The van der Waals surface area contributed by atoms with Crippen molar-refractivity contribution in [1.29, 1.82) is 0 Å². The number of morpholine rings is 1. The van der Waals surface area contributed by atoms with E-state index in [1.807, 2.05) is 0 Å². The molecule has 3 N–H and O–H groups in total. The number of hydrogen-bond acceptors (Lipinski definition) is 5. The van der Waals surface area contributed by atoms with Crippen LogP contribution in [0.4, 0.5) is 0 Å². The van der Waals surface area contributed by atoms with E-state index in [-0.39, 0.29) is 36.8 Å². The van der Waals surface area contributed by atoms with Crippen LogP contribution in [-0.4, -0.2) is 69.5 Å². The minimum absolute atomic E-state index is 0. The summed E-state index contributed by atoms with van der Waals surface area (Å²) in [5, 5.41) is 3.06. The highest BCUT2D eigenvalue weighted by atomic mass is 35.5. The van der Waals surface area contributed by atoms with Gasteiger partial charge in [-0.1, -0.05) is 13.8 Å². The van der Waals surface area contributed by atoms with E-state index in [0.717, 1.165) is 26.2 Å². The van der Waals surface area contributed by atoms with E-state index >= 15 is 0 Å². The van der Waals surface area contributed by atoms with Gasteiger partial charge in [0.1, 0.15) is 0 Å². The van der Waals surface area contributed by atoms with Crippen molar-refractivity contribution < 1.29 is 14.3 Å². The predicted octanol–water partition coefficient (Wildman–Crippen LogP) is 1.06. The second kappa shape index (κ2) is 11.5. The maximum Gasteiger partial charge on any atom is 0.227 e. The number of nitrogens with two attached hydrogens (primary N) is 1. The Balaban J connectivity index is 0.00000264. The summed E-state index contributed by atoms with van der Waals surface area (Å²) in [6, 6.07) is 0. The molecule has 0 aromatic rings. The Morgan fingerprint density at radius 1 is 1.29 bits per heavy atom. The fourth-order valence-electron chi connectivity index (χ4n) is 3.27. The number of carbonyl (C=O) groups excluding carboxylic acids is 1. The monoisotopic (exact) mass is 385 g/mol. The van der Waals surface area contributed by atoms with Crippen molar-refractivity contribution in [2.45, 2.75) is 32.8 Å². The molecule has 1 atom stereocenters. The zero-order valence-corrected chi connectivity index (χ0v) is 16.4. The lowest BCUT2D eigenvalue weighted by molar-refractivity contribution is -0.137. The largest absolute Gasteiger partial charge is 0.381 e. The van der Waals surface area contributed by atoms with Crippen molar-refractivity contribution in [2.24, 2.45) is 17.1 Å². The molecule has 2 fully saturated rings. The van der Waals surface area contributed by atoms with Gasteiger partial charge in [0.2, 0.25) is 5.91 Å². The molecule has 2 saturated heterocycles. The molecular formula is C16H33Cl2N3O3. The maximum atomic E-state index is 12.5. The first-order valence-corrected chi connectivity index (χ1v) is 8.46. The molecule has 1 amide bonds. The Morgan fingerprint density at radius 2 is 1.96 bits per heavy atom. The van der Waals surface area contributed by atoms with Crippen LogP contribution in [0.15, 0.2) is 0 Å². The molecule has 2 rings (SSSR count). The SMILES string of the molecule is CC(C)CN1CCOC(CNC(=O)C2(CN)CCOCC2)C1.Cl.Cl. The Hall–Kier alpha value is -0.110. The fraction of sp³-hybridized carbons (Fsp3) is 0.938.